The first-order chi connectivity index (χ1) is 29.8. The molecule has 2 saturated heterocycles. The molecule has 2 N–H and O–H groups in total. The fourth-order valence-corrected chi connectivity index (χ4v) is 8.10. The molecule has 5 aromatic rings. The summed E-state index contributed by atoms with van der Waals surface area (Å²) >= 11 is 0. The van der Waals surface area contributed by atoms with E-state index in [1.54, 1.807) is 53.2 Å². The molecule has 2 aliphatic heterocycles. The second-order valence-corrected chi connectivity index (χ2v) is 17.2. The third kappa shape index (κ3) is 10.6. The number of aromatic nitrogens is 3. The van der Waals surface area contributed by atoms with Gasteiger partial charge in [-0.2, -0.15) is 5.10 Å². The van der Waals surface area contributed by atoms with E-state index in [2.05, 4.69) is 27.6 Å². The van der Waals surface area contributed by atoms with E-state index in [0.29, 0.717) is 82.1 Å². The zero-order chi connectivity index (χ0) is 44.0. The van der Waals surface area contributed by atoms with Crippen molar-refractivity contribution in [3.05, 3.63) is 112 Å². The van der Waals surface area contributed by atoms with Crippen molar-refractivity contribution in [3.8, 4) is 11.1 Å². The predicted molar refractivity (Wildman–Crippen MR) is 238 cm³/mol. The van der Waals surface area contributed by atoms with Crippen LogP contribution in [-0.4, -0.2) is 105 Å². The number of carbonyl (C=O) groups excluding carboxylic acids is 3. The molecule has 2 fully saturated rings. The van der Waals surface area contributed by atoms with Gasteiger partial charge in [-0.15, -0.1) is 0 Å². The summed E-state index contributed by atoms with van der Waals surface area (Å²) in [6, 6.07) is 19.6. The van der Waals surface area contributed by atoms with Gasteiger partial charge < -0.3 is 29.9 Å². The van der Waals surface area contributed by atoms with Gasteiger partial charge in [0.15, 0.2) is 5.65 Å². The smallest absolute Gasteiger partial charge is 0.410 e. The number of carbonyl (C=O) groups is 3. The van der Waals surface area contributed by atoms with Gasteiger partial charge in [-0.1, -0.05) is 37.3 Å². The number of amides is 3. The molecule has 0 unspecified atom stereocenters. The monoisotopic (exact) mass is 846 g/mol. The van der Waals surface area contributed by atoms with Gasteiger partial charge in [0.2, 0.25) is 0 Å². The molecule has 0 bridgehead atoms. The lowest BCUT2D eigenvalue weighted by Gasteiger charge is -2.35. The predicted octanol–water partition coefficient (Wildman–Crippen LogP) is 7.67. The molecule has 0 radical (unpaired) electrons. The normalized spacial score (nSPS) is 15.1. The largest absolute Gasteiger partial charge is 0.444 e. The molecule has 328 valence electrons. The molecular formula is C48H59FN8O5. The summed E-state index contributed by atoms with van der Waals surface area (Å²) in [5, 5.41) is 12.3. The first-order valence-electron chi connectivity index (χ1n) is 21.7. The van der Waals surface area contributed by atoms with Gasteiger partial charge in [0, 0.05) is 107 Å². The standard InChI is InChI=1S/C48H59FN8O5/c1-7-42-40(43(52-37-17-23-61-24-18-37)39-29-51-57(8-2)44(39)53-42)31-54(6)46(59)36-14-10-13-35(27-36)45(58)50-28-32-15-16-41(49)38(26-32)34-12-9-11-33(25-34)30-55-19-21-56(22-20-55)47(60)62-48(3,4)5/h9-16,25-27,29,37H,7-8,17-24,28,30-31H2,1-6H3,(H,50,58)(H,52,53). The molecule has 3 aromatic carbocycles. The van der Waals surface area contributed by atoms with E-state index in [9.17, 15) is 14.4 Å². The first-order valence-corrected chi connectivity index (χ1v) is 21.7. The second kappa shape index (κ2) is 19.5. The van der Waals surface area contributed by atoms with Crippen LogP contribution in [0.1, 0.15) is 90.6 Å². The van der Waals surface area contributed by atoms with Crippen LogP contribution in [0, 0.1) is 5.82 Å². The number of piperazine rings is 1. The fraction of sp³-hybridized carbons (Fsp3) is 0.438. The van der Waals surface area contributed by atoms with Crippen LogP contribution in [0.3, 0.4) is 0 Å². The number of anilines is 1. The average molecular weight is 847 g/mol. The van der Waals surface area contributed by atoms with E-state index < -0.39 is 5.60 Å². The van der Waals surface area contributed by atoms with E-state index in [4.69, 9.17) is 14.5 Å². The Kier molecular flexibility index (Phi) is 13.9. The zero-order valence-corrected chi connectivity index (χ0v) is 36.8. The van der Waals surface area contributed by atoms with Crippen molar-refractivity contribution in [2.45, 2.75) is 91.7 Å². The number of pyridine rings is 1. The average Bonchev–Trinajstić information content (AvgIpc) is 3.69. The van der Waals surface area contributed by atoms with E-state index in [0.717, 1.165) is 57.5 Å². The van der Waals surface area contributed by atoms with Gasteiger partial charge in [0.25, 0.3) is 11.8 Å². The van der Waals surface area contributed by atoms with Crippen LogP contribution in [0.5, 0.6) is 0 Å². The zero-order valence-electron chi connectivity index (χ0n) is 36.8. The lowest BCUT2D eigenvalue weighted by molar-refractivity contribution is 0.0139. The lowest BCUT2D eigenvalue weighted by atomic mass is 10.00. The summed E-state index contributed by atoms with van der Waals surface area (Å²) in [6.07, 6.45) is 4.00. The molecule has 0 atom stereocenters. The van der Waals surface area contributed by atoms with Crippen LogP contribution in [0.25, 0.3) is 22.2 Å². The van der Waals surface area contributed by atoms with E-state index in [1.807, 2.05) is 62.8 Å². The molecular weight excluding hydrogens is 788 g/mol. The molecule has 7 rings (SSSR count). The number of aryl methyl sites for hydroxylation is 2. The third-order valence-electron chi connectivity index (χ3n) is 11.4. The summed E-state index contributed by atoms with van der Waals surface area (Å²) in [7, 11) is 1.77. The maximum atomic E-state index is 15.3. The van der Waals surface area contributed by atoms with Gasteiger partial charge in [-0.3, -0.25) is 14.5 Å². The van der Waals surface area contributed by atoms with E-state index in [1.165, 1.54) is 6.07 Å². The minimum absolute atomic E-state index is 0.165. The van der Waals surface area contributed by atoms with Crippen molar-refractivity contribution in [1.82, 2.24) is 34.8 Å². The molecule has 0 saturated carbocycles. The van der Waals surface area contributed by atoms with Crippen molar-refractivity contribution in [3.63, 3.8) is 0 Å². The summed E-state index contributed by atoms with van der Waals surface area (Å²) < 4.78 is 28.4. The van der Waals surface area contributed by atoms with Crippen LogP contribution in [0.2, 0.25) is 0 Å². The number of fused-ring (bicyclic) bond motifs is 1. The van der Waals surface area contributed by atoms with Crippen LogP contribution >= 0.6 is 0 Å². The van der Waals surface area contributed by atoms with Crippen LogP contribution in [0.4, 0.5) is 14.9 Å². The maximum absolute atomic E-state index is 15.3. The highest BCUT2D eigenvalue weighted by atomic mass is 19.1. The van der Waals surface area contributed by atoms with Crippen molar-refractivity contribution >= 4 is 34.6 Å². The van der Waals surface area contributed by atoms with Gasteiger partial charge in [0.1, 0.15) is 11.4 Å². The SMILES string of the molecule is CCc1nc2c(cnn2CC)c(NC2CCOCC2)c1CN(C)C(=O)c1cccc(C(=O)NCc2ccc(F)c(-c3cccc(CN4CCN(C(=O)OC(C)(C)C)CC4)c3)c2)c1. The highest BCUT2D eigenvalue weighted by Gasteiger charge is 2.27. The molecule has 0 spiro atoms. The highest BCUT2D eigenvalue weighted by molar-refractivity contribution is 6.00. The number of halogens is 1. The van der Waals surface area contributed by atoms with Crippen molar-refractivity contribution in [2.24, 2.45) is 0 Å². The molecule has 4 heterocycles. The number of benzene rings is 3. The molecule has 13 nitrogen and oxygen atoms in total. The number of rotatable bonds is 13. The Hall–Kier alpha value is -5.86. The lowest BCUT2D eigenvalue weighted by Crippen LogP contribution is -2.49. The minimum Gasteiger partial charge on any atom is -0.444 e. The number of hydrogen-bond donors (Lipinski definition) is 2. The highest BCUT2D eigenvalue weighted by Crippen LogP contribution is 2.33. The topological polar surface area (TPSA) is 134 Å². The quantitative estimate of drug-likeness (QED) is 0.123. The first kappa shape index (κ1) is 44.2. The molecule has 3 amide bonds. The minimum atomic E-state index is -0.539. The van der Waals surface area contributed by atoms with Gasteiger partial charge in [0.05, 0.1) is 17.3 Å². The van der Waals surface area contributed by atoms with Crippen LogP contribution in [0.15, 0.2) is 72.9 Å². The maximum Gasteiger partial charge on any atom is 0.410 e. The molecule has 0 aliphatic carbocycles. The Morgan fingerprint density at radius 2 is 1.68 bits per heavy atom. The number of nitrogens with zero attached hydrogens (tertiary/aromatic N) is 6. The Balaban J connectivity index is 0.994. The fourth-order valence-electron chi connectivity index (χ4n) is 8.10. The van der Waals surface area contributed by atoms with Crippen molar-refractivity contribution in [2.75, 3.05) is 51.8 Å². The number of ether oxygens (including phenoxy) is 2. The summed E-state index contributed by atoms with van der Waals surface area (Å²) in [4.78, 5) is 50.7. The second-order valence-electron chi connectivity index (χ2n) is 17.2. The Labute approximate surface area is 363 Å². The van der Waals surface area contributed by atoms with E-state index in [-0.39, 0.29) is 36.3 Å². The summed E-state index contributed by atoms with van der Waals surface area (Å²) in [6.45, 7) is 15.5. The summed E-state index contributed by atoms with van der Waals surface area (Å²) in [5.74, 6) is -0.930. The van der Waals surface area contributed by atoms with Gasteiger partial charge in [-0.25, -0.2) is 18.9 Å². The Bertz CT molecular complexity index is 2400. The number of hydrogen-bond acceptors (Lipinski definition) is 9. The number of nitrogens with one attached hydrogen (secondary N) is 2. The van der Waals surface area contributed by atoms with Crippen molar-refractivity contribution in [1.29, 1.82) is 0 Å². The third-order valence-corrected chi connectivity index (χ3v) is 11.4. The molecule has 62 heavy (non-hydrogen) atoms. The molecule has 2 aromatic heterocycles. The molecule has 14 heteroatoms. The van der Waals surface area contributed by atoms with Crippen LogP contribution in [-0.2, 0) is 42.1 Å². The van der Waals surface area contributed by atoms with Gasteiger partial charge >= 0.3 is 6.09 Å². The van der Waals surface area contributed by atoms with Gasteiger partial charge in [-0.05, 0) is 100 Å². The van der Waals surface area contributed by atoms with Crippen molar-refractivity contribution < 1.29 is 28.2 Å². The summed E-state index contributed by atoms with van der Waals surface area (Å²) in [5.41, 5.74) is 6.76. The van der Waals surface area contributed by atoms with E-state index >= 15 is 4.39 Å². The van der Waals surface area contributed by atoms with Crippen LogP contribution < -0.4 is 10.6 Å². The Morgan fingerprint density at radius 1 is 0.935 bits per heavy atom. The molecule has 2 aliphatic rings. The Morgan fingerprint density at radius 3 is 2.40 bits per heavy atom.